The summed E-state index contributed by atoms with van der Waals surface area (Å²) in [6.45, 7) is 0. The lowest BCUT2D eigenvalue weighted by atomic mass is 9.85. The lowest BCUT2D eigenvalue weighted by Crippen LogP contribution is -2.25. The molecule has 1 aliphatic heterocycles. The van der Waals surface area contributed by atoms with E-state index in [0.717, 1.165) is 25.7 Å². The minimum absolute atomic E-state index is 0.0942. The van der Waals surface area contributed by atoms with E-state index < -0.39 is 6.16 Å². The summed E-state index contributed by atoms with van der Waals surface area (Å²) in [5.41, 5.74) is 0. The van der Waals surface area contributed by atoms with E-state index >= 15 is 0 Å². The van der Waals surface area contributed by atoms with Gasteiger partial charge >= 0.3 is 6.16 Å². The number of nitrogens with one attached hydrogen (secondary N) is 1. The van der Waals surface area contributed by atoms with Gasteiger partial charge in [0.05, 0.1) is 5.92 Å². The monoisotopic (exact) mass is 267 g/mol. The number of carboxylic acid groups (broad SMARTS) is 2. The molecule has 0 aromatic heterocycles. The van der Waals surface area contributed by atoms with Crippen molar-refractivity contribution in [2.45, 2.75) is 38.5 Å². The maximum Gasteiger partial charge on any atom is 0.503 e. The van der Waals surface area contributed by atoms with Crippen LogP contribution in [0.1, 0.15) is 38.5 Å². The lowest BCUT2D eigenvalue weighted by molar-refractivity contribution is -0.126. The minimum Gasteiger partial charge on any atom is -0.450 e. The fraction of sp³-hybridized carbons (Fsp3) is 0.615. The van der Waals surface area contributed by atoms with Crippen LogP contribution in [0.25, 0.3) is 0 Å². The number of carbonyl (C=O) groups excluding carboxylic acids is 2. The fourth-order valence-electron chi connectivity index (χ4n) is 2.23. The molecule has 6 heteroatoms. The Morgan fingerprint density at radius 2 is 1.89 bits per heavy atom. The first-order valence-electron chi connectivity index (χ1n) is 6.24. The molecule has 1 heterocycles. The molecule has 3 N–H and O–H groups in total. The smallest absolute Gasteiger partial charge is 0.450 e. The van der Waals surface area contributed by atoms with Gasteiger partial charge in [-0.3, -0.25) is 14.9 Å². The Labute approximate surface area is 111 Å². The molecule has 2 amide bonds. The second kappa shape index (κ2) is 7.41. The standard InChI is InChI=1S/C12H15NO2.CH2O3/c14-11-8-10(12(15)13-11)9-6-4-2-1-3-5-7-9;2-1(3)4/h9-10H,1-4,6,8H2,(H,13,14,15);(H2,2,3,4). The van der Waals surface area contributed by atoms with Crippen LogP contribution in [0.4, 0.5) is 4.79 Å². The maximum absolute atomic E-state index is 11.5. The van der Waals surface area contributed by atoms with Crippen LogP contribution in [-0.4, -0.2) is 28.2 Å². The highest BCUT2D eigenvalue weighted by molar-refractivity contribution is 6.03. The fourth-order valence-corrected chi connectivity index (χ4v) is 2.23. The molecular formula is C13H17NO5. The maximum atomic E-state index is 11.5. The van der Waals surface area contributed by atoms with E-state index in [9.17, 15) is 9.59 Å². The first kappa shape index (κ1) is 15.0. The molecule has 2 rings (SSSR count). The Morgan fingerprint density at radius 3 is 2.47 bits per heavy atom. The van der Waals surface area contributed by atoms with Crippen molar-refractivity contribution in [1.29, 1.82) is 0 Å². The summed E-state index contributed by atoms with van der Waals surface area (Å²) in [5, 5.41) is 16.3. The van der Waals surface area contributed by atoms with Gasteiger partial charge in [0.15, 0.2) is 0 Å². The average Bonchev–Trinajstić information content (AvgIpc) is 2.56. The van der Waals surface area contributed by atoms with Crippen molar-refractivity contribution in [2.75, 3.05) is 0 Å². The van der Waals surface area contributed by atoms with E-state index in [1.165, 1.54) is 6.42 Å². The van der Waals surface area contributed by atoms with E-state index in [4.69, 9.17) is 15.0 Å². The third-order valence-electron chi connectivity index (χ3n) is 3.09. The van der Waals surface area contributed by atoms with Gasteiger partial charge in [-0.05, 0) is 12.8 Å². The van der Waals surface area contributed by atoms with E-state index in [1.807, 2.05) is 0 Å². The van der Waals surface area contributed by atoms with Crippen LogP contribution in [-0.2, 0) is 9.59 Å². The summed E-state index contributed by atoms with van der Waals surface area (Å²) >= 11 is 0. The highest BCUT2D eigenvalue weighted by atomic mass is 16.6. The molecule has 2 unspecified atom stereocenters. The van der Waals surface area contributed by atoms with Gasteiger partial charge in [0.25, 0.3) is 0 Å². The molecule has 0 aromatic carbocycles. The predicted octanol–water partition coefficient (Wildman–Crippen LogP) is 1.46. The number of hydrogen-bond donors (Lipinski definition) is 3. The molecule has 1 saturated heterocycles. The van der Waals surface area contributed by atoms with E-state index in [1.54, 1.807) is 0 Å². The second-order valence-electron chi connectivity index (χ2n) is 4.53. The predicted molar refractivity (Wildman–Crippen MR) is 66.3 cm³/mol. The van der Waals surface area contributed by atoms with Gasteiger partial charge in [-0.2, -0.15) is 0 Å². The van der Waals surface area contributed by atoms with Crippen molar-refractivity contribution in [3.05, 3.63) is 0 Å². The summed E-state index contributed by atoms with van der Waals surface area (Å²) in [5.74, 6) is 5.89. The largest absolute Gasteiger partial charge is 0.503 e. The van der Waals surface area contributed by atoms with Gasteiger partial charge in [0.2, 0.25) is 11.8 Å². The molecule has 0 saturated carbocycles. The van der Waals surface area contributed by atoms with Crippen LogP contribution in [0.3, 0.4) is 0 Å². The average molecular weight is 267 g/mol. The Kier molecular flexibility index (Phi) is 5.86. The van der Waals surface area contributed by atoms with Gasteiger partial charge < -0.3 is 10.2 Å². The normalized spacial score (nSPS) is 25.9. The Hall–Kier alpha value is -2.03. The molecule has 1 fully saturated rings. The van der Waals surface area contributed by atoms with Crippen LogP contribution in [0.15, 0.2) is 0 Å². The summed E-state index contributed by atoms with van der Waals surface area (Å²) in [4.78, 5) is 31.1. The van der Waals surface area contributed by atoms with Gasteiger partial charge in [-0.25, -0.2) is 4.79 Å². The van der Waals surface area contributed by atoms with Crippen molar-refractivity contribution < 1.29 is 24.6 Å². The third kappa shape index (κ3) is 5.42. The SMILES string of the molecule is O=C(O)O.O=C1CC(C2C#CCCCCC2)C(=O)N1. The van der Waals surface area contributed by atoms with Crippen molar-refractivity contribution in [2.24, 2.45) is 11.8 Å². The van der Waals surface area contributed by atoms with Crippen molar-refractivity contribution in [3.8, 4) is 11.8 Å². The highest BCUT2D eigenvalue weighted by Crippen LogP contribution is 2.26. The topological polar surface area (TPSA) is 104 Å². The number of imide groups is 1. The summed E-state index contributed by atoms with van der Waals surface area (Å²) in [6, 6.07) is 0. The van der Waals surface area contributed by atoms with Gasteiger partial charge in [0.1, 0.15) is 0 Å². The molecule has 6 nitrogen and oxygen atoms in total. The molecule has 104 valence electrons. The first-order valence-corrected chi connectivity index (χ1v) is 6.24. The van der Waals surface area contributed by atoms with E-state index in [-0.39, 0.29) is 23.7 Å². The van der Waals surface area contributed by atoms with Crippen LogP contribution in [0.5, 0.6) is 0 Å². The molecule has 1 aliphatic carbocycles. The molecule has 0 spiro atoms. The molecule has 2 atom stereocenters. The molecule has 0 bridgehead atoms. The zero-order valence-electron chi connectivity index (χ0n) is 10.5. The zero-order chi connectivity index (χ0) is 14.3. The lowest BCUT2D eigenvalue weighted by Gasteiger charge is -2.16. The highest BCUT2D eigenvalue weighted by Gasteiger charge is 2.35. The van der Waals surface area contributed by atoms with Crippen LogP contribution < -0.4 is 5.32 Å². The Bertz CT molecular complexity index is 416. The Balaban J connectivity index is 0.000000399. The summed E-state index contributed by atoms with van der Waals surface area (Å²) in [6.07, 6.45) is 3.86. The number of rotatable bonds is 1. The molecule has 0 radical (unpaired) electrons. The van der Waals surface area contributed by atoms with Gasteiger partial charge in [-0.1, -0.05) is 18.8 Å². The number of carbonyl (C=O) groups is 3. The zero-order valence-corrected chi connectivity index (χ0v) is 10.5. The third-order valence-corrected chi connectivity index (χ3v) is 3.09. The molecule has 0 aromatic rings. The molecule has 2 aliphatic rings. The summed E-state index contributed by atoms with van der Waals surface area (Å²) < 4.78 is 0. The van der Waals surface area contributed by atoms with Crippen LogP contribution in [0, 0.1) is 23.7 Å². The van der Waals surface area contributed by atoms with Crippen LogP contribution >= 0.6 is 0 Å². The van der Waals surface area contributed by atoms with Crippen molar-refractivity contribution in [1.82, 2.24) is 5.32 Å². The number of amides is 2. The van der Waals surface area contributed by atoms with E-state index in [0.29, 0.717) is 6.42 Å². The quantitative estimate of drug-likeness (QED) is 0.493. The molecule has 19 heavy (non-hydrogen) atoms. The van der Waals surface area contributed by atoms with Crippen molar-refractivity contribution in [3.63, 3.8) is 0 Å². The van der Waals surface area contributed by atoms with Crippen molar-refractivity contribution >= 4 is 18.0 Å². The summed E-state index contributed by atoms with van der Waals surface area (Å²) in [7, 11) is 0. The van der Waals surface area contributed by atoms with E-state index in [2.05, 4.69) is 17.2 Å². The van der Waals surface area contributed by atoms with Crippen LogP contribution in [0.2, 0.25) is 0 Å². The number of hydrogen-bond acceptors (Lipinski definition) is 3. The second-order valence-corrected chi connectivity index (χ2v) is 4.53. The minimum atomic E-state index is -1.83. The first-order chi connectivity index (χ1) is 9.00. The van der Waals surface area contributed by atoms with Gasteiger partial charge in [0, 0.05) is 18.8 Å². The van der Waals surface area contributed by atoms with Gasteiger partial charge in [-0.15, -0.1) is 5.92 Å². The molecular weight excluding hydrogens is 250 g/mol. The Morgan fingerprint density at radius 1 is 1.21 bits per heavy atom.